The number of fused-ring (bicyclic) bond motifs is 1. The molecule has 0 saturated heterocycles. The van der Waals surface area contributed by atoms with E-state index < -0.39 is 10.0 Å². The average Bonchev–Trinajstić information content (AvgIpc) is 3.29. The SMILES string of the molecule is CNC(=O)c1c2cc(C3CC3)c(N(C)S(C)(=O)=O)cc2nn1-c1ncc(C)s1. The Labute approximate surface area is 167 Å². The van der Waals surface area contributed by atoms with Gasteiger partial charge in [-0.2, -0.15) is 9.78 Å². The number of aryl methyl sites for hydroxylation is 1. The summed E-state index contributed by atoms with van der Waals surface area (Å²) in [6, 6.07) is 3.67. The molecule has 2 heterocycles. The van der Waals surface area contributed by atoms with Crippen molar-refractivity contribution in [3.63, 3.8) is 0 Å². The largest absolute Gasteiger partial charge is 0.354 e. The summed E-state index contributed by atoms with van der Waals surface area (Å²) >= 11 is 1.44. The average molecular weight is 420 g/mol. The lowest BCUT2D eigenvalue weighted by molar-refractivity contribution is 0.0957. The number of carbonyl (C=O) groups excluding carboxylic acids is 1. The maximum Gasteiger partial charge on any atom is 0.270 e. The Bertz CT molecular complexity index is 1190. The molecule has 2 aromatic heterocycles. The fraction of sp³-hybridized carbons (Fsp3) is 0.389. The normalized spacial score (nSPS) is 14.4. The van der Waals surface area contributed by atoms with E-state index in [9.17, 15) is 13.2 Å². The topological polar surface area (TPSA) is 97.2 Å². The number of rotatable bonds is 5. The number of thiazole rings is 1. The van der Waals surface area contributed by atoms with Gasteiger partial charge in [0.15, 0.2) is 0 Å². The fourth-order valence-corrected chi connectivity index (χ4v) is 4.46. The molecule has 0 radical (unpaired) electrons. The summed E-state index contributed by atoms with van der Waals surface area (Å²) in [7, 11) is -0.296. The van der Waals surface area contributed by atoms with E-state index in [-0.39, 0.29) is 5.91 Å². The first-order chi connectivity index (χ1) is 13.2. The van der Waals surface area contributed by atoms with Gasteiger partial charge in [0, 0.05) is 30.6 Å². The first kappa shape index (κ1) is 18.9. The van der Waals surface area contributed by atoms with Crippen LogP contribution in [-0.2, 0) is 10.0 Å². The van der Waals surface area contributed by atoms with Crippen LogP contribution in [0.25, 0.3) is 16.0 Å². The number of nitrogens with one attached hydrogen (secondary N) is 1. The lowest BCUT2D eigenvalue weighted by Gasteiger charge is -2.20. The van der Waals surface area contributed by atoms with Gasteiger partial charge in [-0.3, -0.25) is 9.10 Å². The van der Waals surface area contributed by atoms with E-state index in [4.69, 9.17) is 0 Å². The number of hydrogen-bond donors (Lipinski definition) is 1. The molecule has 1 aromatic carbocycles. The van der Waals surface area contributed by atoms with E-state index in [0.29, 0.717) is 33.3 Å². The Balaban J connectivity index is 2.01. The monoisotopic (exact) mass is 419 g/mol. The molecule has 10 heteroatoms. The van der Waals surface area contributed by atoms with Crippen LogP contribution in [0.2, 0.25) is 0 Å². The van der Waals surface area contributed by atoms with Crippen LogP contribution in [0.3, 0.4) is 0 Å². The standard InChI is InChI=1S/C18H21N5O3S2/c1-10-9-20-18(27-10)23-16(17(24)19-2)13-7-12(11-5-6-11)15(8-14(13)21-23)22(3)28(4,25)26/h7-9,11H,5-6H2,1-4H3,(H,19,24). The van der Waals surface area contributed by atoms with Gasteiger partial charge < -0.3 is 5.32 Å². The van der Waals surface area contributed by atoms with Crippen molar-refractivity contribution in [2.75, 3.05) is 24.7 Å². The number of nitrogens with zero attached hydrogens (tertiary/aromatic N) is 4. The van der Waals surface area contributed by atoms with Gasteiger partial charge in [-0.25, -0.2) is 13.4 Å². The Hall–Kier alpha value is -2.46. The number of carbonyl (C=O) groups is 1. The molecule has 0 unspecified atom stereocenters. The quantitative estimate of drug-likeness (QED) is 0.685. The number of anilines is 1. The van der Waals surface area contributed by atoms with Crippen molar-refractivity contribution in [3.8, 4) is 5.13 Å². The van der Waals surface area contributed by atoms with Crippen LogP contribution >= 0.6 is 11.3 Å². The molecule has 28 heavy (non-hydrogen) atoms. The minimum absolute atomic E-state index is 0.263. The van der Waals surface area contributed by atoms with Crippen molar-refractivity contribution < 1.29 is 13.2 Å². The maximum atomic E-state index is 12.7. The highest BCUT2D eigenvalue weighted by atomic mass is 32.2. The zero-order valence-electron chi connectivity index (χ0n) is 16.1. The third kappa shape index (κ3) is 3.16. The molecule has 1 saturated carbocycles. The molecule has 1 aliphatic carbocycles. The highest BCUT2D eigenvalue weighted by Gasteiger charge is 2.31. The molecule has 3 aromatic rings. The van der Waals surface area contributed by atoms with Crippen molar-refractivity contribution >= 4 is 43.9 Å². The van der Waals surface area contributed by atoms with Crippen LogP contribution < -0.4 is 9.62 Å². The second-order valence-electron chi connectivity index (χ2n) is 7.03. The van der Waals surface area contributed by atoms with Crippen molar-refractivity contribution in [1.29, 1.82) is 0 Å². The van der Waals surface area contributed by atoms with Gasteiger partial charge in [0.05, 0.1) is 17.5 Å². The van der Waals surface area contributed by atoms with Crippen LogP contribution in [0.5, 0.6) is 0 Å². The van der Waals surface area contributed by atoms with Gasteiger partial charge in [-0.1, -0.05) is 0 Å². The van der Waals surface area contributed by atoms with Crippen molar-refractivity contribution in [2.24, 2.45) is 0 Å². The second-order valence-corrected chi connectivity index (χ2v) is 10.3. The Morgan fingerprint density at radius 2 is 2.07 bits per heavy atom. The van der Waals surface area contributed by atoms with E-state index in [2.05, 4.69) is 15.4 Å². The van der Waals surface area contributed by atoms with Gasteiger partial charge in [0.2, 0.25) is 15.2 Å². The van der Waals surface area contributed by atoms with Crippen LogP contribution in [0, 0.1) is 6.92 Å². The molecule has 1 aliphatic rings. The van der Waals surface area contributed by atoms with E-state index >= 15 is 0 Å². The number of aromatic nitrogens is 3. The Morgan fingerprint density at radius 1 is 1.36 bits per heavy atom. The zero-order valence-corrected chi connectivity index (χ0v) is 17.7. The number of amides is 1. The molecule has 0 aliphatic heterocycles. The molecule has 1 N–H and O–H groups in total. The molecule has 1 fully saturated rings. The molecule has 148 valence electrons. The van der Waals surface area contributed by atoms with Gasteiger partial charge in [0.1, 0.15) is 5.69 Å². The molecule has 0 spiro atoms. The molecule has 0 bridgehead atoms. The van der Waals surface area contributed by atoms with E-state index in [1.807, 2.05) is 13.0 Å². The smallest absolute Gasteiger partial charge is 0.270 e. The number of hydrogen-bond acceptors (Lipinski definition) is 6. The van der Waals surface area contributed by atoms with Crippen LogP contribution in [-0.4, -0.2) is 49.4 Å². The molecule has 4 rings (SSSR count). The maximum absolute atomic E-state index is 12.7. The summed E-state index contributed by atoms with van der Waals surface area (Å²) < 4.78 is 27.1. The predicted octanol–water partition coefficient (Wildman–Crippen LogP) is 2.42. The third-order valence-electron chi connectivity index (χ3n) is 4.91. The fourth-order valence-electron chi connectivity index (χ4n) is 3.23. The van der Waals surface area contributed by atoms with E-state index in [1.54, 1.807) is 31.0 Å². The highest BCUT2D eigenvalue weighted by Crippen LogP contribution is 2.46. The first-order valence-corrected chi connectivity index (χ1v) is 11.5. The van der Waals surface area contributed by atoms with Crippen LogP contribution in [0.15, 0.2) is 18.3 Å². The van der Waals surface area contributed by atoms with E-state index in [0.717, 1.165) is 23.3 Å². The van der Waals surface area contributed by atoms with Crippen LogP contribution in [0.4, 0.5) is 5.69 Å². The molecule has 0 atom stereocenters. The minimum Gasteiger partial charge on any atom is -0.354 e. The van der Waals surface area contributed by atoms with Gasteiger partial charge in [-0.15, -0.1) is 11.3 Å². The highest BCUT2D eigenvalue weighted by molar-refractivity contribution is 7.92. The lowest BCUT2D eigenvalue weighted by Crippen LogP contribution is -2.26. The Morgan fingerprint density at radius 3 is 2.61 bits per heavy atom. The summed E-state index contributed by atoms with van der Waals surface area (Å²) in [6.07, 6.45) is 4.93. The van der Waals surface area contributed by atoms with Gasteiger partial charge >= 0.3 is 0 Å². The summed E-state index contributed by atoms with van der Waals surface area (Å²) in [4.78, 5) is 18.0. The van der Waals surface area contributed by atoms with Crippen molar-refractivity contribution in [2.45, 2.75) is 25.7 Å². The Kier molecular flexibility index (Phi) is 4.42. The zero-order chi connectivity index (χ0) is 20.2. The lowest BCUT2D eigenvalue weighted by atomic mass is 10.0. The van der Waals surface area contributed by atoms with Crippen molar-refractivity contribution in [1.82, 2.24) is 20.1 Å². The van der Waals surface area contributed by atoms with E-state index in [1.165, 1.54) is 21.9 Å². The predicted molar refractivity (Wildman–Crippen MR) is 110 cm³/mol. The number of sulfonamides is 1. The third-order valence-corrected chi connectivity index (χ3v) is 6.99. The summed E-state index contributed by atoms with van der Waals surface area (Å²) in [5.74, 6) is 0.0351. The first-order valence-electron chi connectivity index (χ1n) is 8.86. The van der Waals surface area contributed by atoms with Crippen molar-refractivity contribution in [3.05, 3.63) is 34.5 Å². The molecular formula is C18H21N5O3S2. The summed E-state index contributed by atoms with van der Waals surface area (Å²) in [5, 5.41) is 8.56. The van der Waals surface area contributed by atoms with Crippen LogP contribution in [0.1, 0.15) is 39.7 Å². The second kappa shape index (κ2) is 6.56. The molecular weight excluding hydrogens is 398 g/mol. The molecule has 8 nitrogen and oxygen atoms in total. The minimum atomic E-state index is -3.42. The summed E-state index contributed by atoms with van der Waals surface area (Å²) in [5.41, 5.74) is 2.50. The molecule has 1 amide bonds. The summed E-state index contributed by atoms with van der Waals surface area (Å²) in [6.45, 7) is 1.94. The number of benzene rings is 1. The van der Waals surface area contributed by atoms with Gasteiger partial charge in [0.25, 0.3) is 5.91 Å². The van der Waals surface area contributed by atoms with Gasteiger partial charge in [-0.05, 0) is 43.4 Å².